The number of nitrogens with zero attached hydrogens (tertiary/aromatic N) is 2. The van der Waals surface area contributed by atoms with Gasteiger partial charge in [-0.3, -0.25) is 4.90 Å². The van der Waals surface area contributed by atoms with Crippen LogP contribution in [-0.4, -0.2) is 45.2 Å². The van der Waals surface area contributed by atoms with E-state index < -0.39 is 9.84 Å². The van der Waals surface area contributed by atoms with Gasteiger partial charge in [0.2, 0.25) is 0 Å². The van der Waals surface area contributed by atoms with Gasteiger partial charge in [0.15, 0.2) is 9.84 Å². The van der Waals surface area contributed by atoms with Crippen LogP contribution in [0.3, 0.4) is 0 Å². The first-order valence-electron chi connectivity index (χ1n) is 6.80. The molecule has 0 saturated carbocycles. The number of amides is 2. The summed E-state index contributed by atoms with van der Waals surface area (Å²) < 4.78 is 23.1. The molecule has 1 fully saturated rings. The third-order valence-electron chi connectivity index (χ3n) is 3.43. The zero-order valence-corrected chi connectivity index (χ0v) is 12.7. The molecule has 0 aliphatic carbocycles. The maximum absolute atomic E-state index is 12.3. The predicted octanol–water partition coefficient (Wildman–Crippen LogP) is 2.13. The Morgan fingerprint density at radius 3 is 2.65 bits per heavy atom. The molecule has 20 heavy (non-hydrogen) atoms. The van der Waals surface area contributed by atoms with Crippen LogP contribution in [0.25, 0.3) is 0 Å². The molecule has 0 atom stereocenters. The quantitative estimate of drug-likeness (QED) is 0.836. The largest absolute Gasteiger partial charge is 0.324 e. The monoisotopic (exact) mass is 296 g/mol. The van der Waals surface area contributed by atoms with E-state index in [0.29, 0.717) is 18.8 Å². The zero-order valence-electron chi connectivity index (χ0n) is 11.9. The van der Waals surface area contributed by atoms with Crippen LogP contribution in [0.15, 0.2) is 29.2 Å². The van der Waals surface area contributed by atoms with Crippen LogP contribution in [0.5, 0.6) is 0 Å². The van der Waals surface area contributed by atoms with E-state index in [0.717, 1.165) is 19.4 Å². The number of rotatable bonds is 5. The van der Waals surface area contributed by atoms with Gasteiger partial charge in [0.1, 0.15) is 0 Å². The van der Waals surface area contributed by atoms with E-state index in [-0.39, 0.29) is 10.9 Å². The van der Waals surface area contributed by atoms with Gasteiger partial charge in [0.05, 0.1) is 4.90 Å². The number of carbonyl (C=O) groups is 1. The molecule has 1 aromatic carbocycles. The Morgan fingerprint density at radius 2 is 2.00 bits per heavy atom. The highest BCUT2D eigenvalue weighted by atomic mass is 32.2. The number of unbranched alkanes of at least 4 members (excludes halogenated alkanes) is 1. The van der Waals surface area contributed by atoms with Gasteiger partial charge in [-0.05, 0) is 24.6 Å². The molecule has 1 heterocycles. The van der Waals surface area contributed by atoms with Gasteiger partial charge >= 0.3 is 6.03 Å². The second-order valence-electron chi connectivity index (χ2n) is 5.04. The molecular weight excluding hydrogens is 276 g/mol. The molecule has 2 amide bonds. The van der Waals surface area contributed by atoms with Crippen molar-refractivity contribution < 1.29 is 13.2 Å². The first-order chi connectivity index (χ1) is 9.43. The van der Waals surface area contributed by atoms with E-state index in [4.69, 9.17) is 0 Å². The molecule has 0 bridgehead atoms. The lowest BCUT2D eigenvalue weighted by atomic mass is 10.3. The van der Waals surface area contributed by atoms with Gasteiger partial charge in [0.25, 0.3) is 0 Å². The lowest BCUT2D eigenvalue weighted by molar-refractivity contribution is 0.220. The van der Waals surface area contributed by atoms with Gasteiger partial charge in [0, 0.05) is 31.6 Å². The minimum absolute atomic E-state index is 0.0379. The van der Waals surface area contributed by atoms with Crippen LogP contribution in [0.1, 0.15) is 19.8 Å². The van der Waals surface area contributed by atoms with Gasteiger partial charge in [-0.15, -0.1) is 0 Å². The molecule has 1 saturated heterocycles. The standard InChI is InChI=1S/C14H20N2O3S/c1-3-4-8-15-9-10-16(14(15)17)12-6-5-7-13(11-12)20(2,18)19/h5-7,11H,3-4,8-10H2,1-2H3. The molecule has 0 aromatic heterocycles. The van der Waals surface area contributed by atoms with Gasteiger partial charge in [-0.25, -0.2) is 13.2 Å². The second kappa shape index (κ2) is 5.83. The fourth-order valence-electron chi connectivity index (χ4n) is 2.26. The summed E-state index contributed by atoms with van der Waals surface area (Å²) in [7, 11) is -3.25. The summed E-state index contributed by atoms with van der Waals surface area (Å²) in [6, 6.07) is 6.53. The number of carbonyl (C=O) groups excluding carboxylic acids is 1. The summed E-state index contributed by atoms with van der Waals surface area (Å²) in [4.78, 5) is 16.0. The van der Waals surface area contributed by atoms with Crippen molar-refractivity contribution in [3.8, 4) is 0 Å². The van der Waals surface area contributed by atoms with Crippen LogP contribution in [0.4, 0.5) is 10.5 Å². The maximum atomic E-state index is 12.3. The van der Waals surface area contributed by atoms with E-state index in [2.05, 4.69) is 6.92 Å². The highest BCUT2D eigenvalue weighted by Gasteiger charge is 2.29. The zero-order chi connectivity index (χ0) is 14.8. The third kappa shape index (κ3) is 3.12. The number of hydrogen-bond donors (Lipinski definition) is 0. The molecule has 6 heteroatoms. The molecule has 110 valence electrons. The van der Waals surface area contributed by atoms with Crippen LogP contribution in [-0.2, 0) is 9.84 Å². The SMILES string of the molecule is CCCCN1CCN(c2cccc(S(C)(=O)=O)c2)C1=O. The van der Waals surface area contributed by atoms with Gasteiger partial charge in [-0.2, -0.15) is 0 Å². The summed E-state index contributed by atoms with van der Waals surface area (Å²) in [5.41, 5.74) is 0.650. The average molecular weight is 296 g/mol. The molecule has 1 aliphatic heterocycles. The Hall–Kier alpha value is -1.56. The molecule has 1 aliphatic rings. The molecule has 2 rings (SSSR count). The minimum atomic E-state index is -3.25. The van der Waals surface area contributed by atoms with Crippen molar-refractivity contribution in [1.29, 1.82) is 0 Å². The van der Waals surface area contributed by atoms with E-state index in [1.165, 1.54) is 6.26 Å². The van der Waals surface area contributed by atoms with E-state index in [9.17, 15) is 13.2 Å². The second-order valence-corrected chi connectivity index (χ2v) is 7.06. The molecule has 1 aromatic rings. The molecule has 0 spiro atoms. The average Bonchev–Trinajstić information content (AvgIpc) is 2.77. The van der Waals surface area contributed by atoms with Crippen molar-refractivity contribution in [3.63, 3.8) is 0 Å². The summed E-state index contributed by atoms with van der Waals surface area (Å²) in [6.45, 7) is 4.16. The van der Waals surface area contributed by atoms with Crippen molar-refractivity contribution in [2.75, 3.05) is 30.8 Å². The normalized spacial score (nSPS) is 16.0. The van der Waals surface area contributed by atoms with Crippen LogP contribution >= 0.6 is 0 Å². The first-order valence-corrected chi connectivity index (χ1v) is 8.69. The van der Waals surface area contributed by atoms with Crippen LogP contribution < -0.4 is 4.90 Å². The molecular formula is C14H20N2O3S. The topological polar surface area (TPSA) is 57.7 Å². The number of urea groups is 1. The number of benzene rings is 1. The Bertz CT molecular complexity index is 598. The highest BCUT2D eigenvalue weighted by molar-refractivity contribution is 7.90. The third-order valence-corrected chi connectivity index (χ3v) is 4.54. The summed E-state index contributed by atoms with van der Waals surface area (Å²) in [5, 5.41) is 0. The van der Waals surface area contributed by atoms with Crippen LogP contribution in [0, 0.1) is 0 Å². The molecule has 0 radical (unpaired) electrons. The lowest BCUT2D eigenvalue weighted by Crippen LogP contribution is -2.32. The summed E-state index contributed by atoms with van der Waals surface area (Å²) in [5.74, 6) is 0. The smallest absolute Gasteiger partial charge is 0.323 e. The van der Waals surface area contributed by atoms with E-state index >= 15 is 0 Å². The Kier molecular flexibility index (Phi) is 4.32. The minimum Gasteiger partial charge on any atom is -0.323 e. The van der Waals surface area contributed by atoms with Crippen molar-refractivity contribution in [3.05, 3.63) is 24.3 Å². The predicted molar refractivity (Wildman–Crippen MR) is 78.8 cm³/mol. The Balaban J connectivity index is 2.19. The maximum Gasteiger partial charge on any atom is 0.324 e. The van der Waals surface area contributed by atoms with Crippen molar-refractivity contribution in [1.82, 2.24) is 4.90 Å². The fourth-order valence-corrected chi connectivity index (χ4v) is 2.92. The van der Waals surface area contributed by atoms with Gasteiger partial charge in [-0.1, -0.05) is 19.4 Å². The number of sulfone groups is 1. The van der Waals surface area contributed by atoms with Crippen molar-refractivity contribution in [2.45, 2.75) is 24.7 Å². The van der Waals surface area contributed by atoms with Crippen LogP contribution in [0.2, 0.25) is 0 Å². The Morgan fingerprint density at radius 1 is 1.25 bits per heavy atom. The lowest BCUT2D eigenvalue weighted by Gasteiger charge is -2.19. The number of hydrogen-bond acceptors (Lipinski definition) is 3. The molecule has 0 N–H and O–H groups in total. The van der Waals surface area contributed by atoms with Gasteiger partial charge < -0.3 is 4.90 Å². The van der Waals surface area contributed by atoms with Crippen molar-refractivity contribution >= 4 is 21.6 Å². The van der Waals surface area contributed by atoms with Crippen molar-refractivity contribution in [2.24, 2.45) is 0 Å². The summed E-state index contributed by atoms with van der Waals surface area (Å²) >= 11 is 0. The molecule has 5 nitrogen and oxygen atoms in total. The fraction of sp³-hybridized carbons (Fsp3) is 0.500. The van der Waals surface area contributed by atoms with E-state index in [1.54, 1.807) is 29.2 Å². The number of anilines is 1. The Labute approximate surface area is 120 Å². The highest BCUT2D eigenvalue weighted by Crippen LogP contribution is 2.23. The molecule has 0 unspecified atom stereocenters. The van der Waals surface area contributed by atoms with E-state index in [1.807, 2.05) is 4.90 Å². The summed E-state index contributed by atoms with van der Waals surface area (Å²) in [6.07, 6.45) is 3.21. The first kappa shape index (κ1) is 14.8.